The topological polar surface area (TPSA) is 68.2 Å². The van der Waals surface area contributed by atoms with E-state index in [1.165, 1.54) is 12.8 Å². The molecule has 0 saturated carbocycles. The van der Waals surface area contributed by atoms with Gasteiger partial charge in [-0.15, -0.1) is 0 Å². The van der Waals surface area contributed by atoms with Crippen LogP contribution in [0.4, 0.5) is 0 Å². The molecular weight excluding hydrogens is 216 g/mol. The summed E-state index contributed by atoms with van der Waals surface area (Å²) in [6.07, 6.45) is 4.48. The lowest BCUT2D eigenvalue weighted by atomic mass is 9.94. The van der Waals surface area contributed by atoms with Gasteiger partial charge in [-0.25, -0.2) is 0 Å². The molecule has 0 atom stereocenters. The molecule has 1 saturated heterocycles. The van der Waals surface area contributed by atoms with Crippen molar-refractivity contribution in [2.24, 2.45) is 11.7 Å². The highest BCUT2D eigenvalue weighted by Gasteiger charge is 2.20. The number of nitrogens with zero attached hydrogens (tertiary/aromatic N) is 3. The molecule has 0 bridgehead atoms. The number of aryl methyl sites for hydroxylation is 1. The van der Waals surface area contributed by atoms with E-state index in [0.29, 0.717) is 0 Å². The number of nitrogens with two attached hydrogens (primary N) is 1. The van der Waals surface area contributed by atoms with Crippen LogP contribution in [-0.2, 0) is 13.0 Å². The molecule has 0 aromatic carbocycles. The first-order valence-electron chi connectivity index (χ1n) is 6.55. The summed E-state index contributed by atoms with van der Waals surface area (Å²) in [5.74, 6) is 2.36. The standard InChI is InChI=1S/C12H22N4O/c1-2-11-14-12(17-15-11)9-16-7-4-10(3-6-13)5-8-16/h10H,2-9,13H2,1H3. The van der Waals surface area contributed by atoms with Gasteiger partial charge >= 0.3 is 0 Å². The van der Waals surface area contributed by atoms with Gasteiger partial charge in [0.25, 0.3) is 0 Å². The summed E-state index contributed by atoms with van der Waals surface area (Å²) < 4.78 is 5.21. The van der Waals surface area contributed by atoms with Crippen molar-refractivity contribution in [2.45, 2.75) is 39.2 Å². The van der Waals surface area contributed by atoms with Crippen molar-refractivity contribution >= 4 is 0 Å². The fourth-order valence-corrected chi connectivity index (χ4v) is 2.36. The molecule has 1 fully saturated rings. The molecule has 2 heterocycles. The Morgan fingerprint density at radius 1 is 1.41 bits per heavy atom. The molecular formula is C12H22N4O. The van der Waals surface area contributed by atoms with Crippen molar-refractivity contribution in [3.05, 3.63) is 11.7 Å². The lowest BCUT2D eigenvalue weighted by molar-refractivity contribution is 0.156. The number of hydrogen-bond donors (Lipinski definition) is 1. The minimum Gasteiger partial charge on any atom is -0.338 e. The first-order chi connectivity index (χ1) is 8.31. The van der Waals surface area contributed by atoms with Crippen molar-refractivity contribution in [1.82, 2.24) is 15.0 Å². The predicted molar refractivity (Wildman–Crippen MR) is 65.3 cm³/mol. The fraction of sp³-hybridized carbons (Fsp3) is 0.833. The number of piperidine rings is 1. The fourth-order valence-electron chi connectivity index (χ4n) is 2.36. The molecule has 0 aliphatic carbocycles. The quantitative estimate of drug-likeness (QED) is 0.834. The third-order valence-corrected chi connectivity index (χ3v) is 3.47. The Kier molecular flexibility index (Phi) is 4.50. The van der Waals surface area contributed by atoms with Gasteiger partial charge in [0, 0.05) is 6.42 Å². The van der Waals surface area contributed by atoms with Crippen molar-refractivity contribution in [2.75, 3.05) is 19.6 Å². The third kappa shape index (κ3) is 3.51. The molecule has 0 spiro atoms. The molecule has 5 heteroatoms. The van der Waals surface area contributed by atoms with Gasteiger partial charge in [-0.05, 0) is 44.8 Å². The Morgan fingerprint density at radius 3 is 2.76 bits per heavy atom. The maximum Gasteiger partial charge on any atom is 0.240 e. The summed E-state index contributed by atoms with van der Waals surface area (Å²) in [4.78, 5) is 6.73. The summed E-state index contributed by atoms with van der Waals surface area (Å²) in [6, 6.07) is 0. The van der Waals surface area contributed by atoms with Gasteiger partial charge in [0.05, 0.1) is 6.54 Å². The van der Waals surface area contributed by atoms with Crippen molar-refractivity contribution in [3.8, 4) is 0 Å². The minimum atomic E-state index is 0.749. The second kappa shape index (κ2) is 6.12. The Morgan fingerprint density at radius 2 is 2.18 bits per heavy atom. The zero-order chi connectivity index (χ0) is 12.1. The van der Waals surface area contributed by atoms with E-state index in [-0.39, 0.29) is 0 Å². The number of rotatable bonds is 5. The van der Waals surface area contributed by atoms with Gasteiger partial charge < -0.3 is 10.3 Å². The monoisotopic (exact) mass is 238 g/mol. The van der Waals surface area contributed by atoms with Crippen LogP contribution in [0.5, 0.6) is 0 Å². The van der Waals surface area contributed by atoms with E-state index in [2.05, 4.69) is 15.0 Å². The molecule has 0 radical (unpaired) electrons. The second-order valence-corrected chi connectivity index (χ2v) is 4.75. The van der Waals surface area contributed by atoms with Crippen LogP contribution < -0.4 is 5.73 Å². The van der Waals surface area contributed by atoms with Gasteiger partial charge in [-0.2, -0.15) is 4.98 Å². The number of likely N-dealkylation sites (tertiary alicyclic amines) is 1. The van der Waals surface area contributed by atoms with Crippen LogP contribution in [0.3, 0.4) is 0 Å². The van der Waals surface area contributed by atoms with E-state index in [4.69, 9.17) is 10.3 Å². The molecule has 1 aliphatic heterocycles. The van der Waals surface area contributed by atoms with Crippen LogP contribution >= 0.6 is 0 Å². The number of aromatic nitrogens is 2. The van der Waals surface area contributed by atoms with Gasteiger partial charge in [-0.3, -0.25) is 4.90 Å². The minimum absolute atomic E-state index is 0.749. The Bertz CT molecular complexity index is 331. The zero-order valence-electron chi connectivity index (χ0n) is 10.6. The van der Waals surface area contributed by atoms with Gasteiger partial charge in [0.15, 0.2) is 5.82 Å². The molecule has 1 aromatic rings. The zero-order valence-corrected chi connectivity index (χ0v) is 10.6. The third-order valence-electron chi connectivity index (χ3n) is 3.47. The van der Waals surface area contributed by atoms with Gasteiger partial charge in [-0.1, -0.05) is 12.1 Å². The Labute approximate surface area is 102 Å². The summed E-state index contributed by atoms with van der Waals surface area (Å²) >= 11 is 0. The van der Waals surface area contributed by atoms with Crippen molar-refractivity contribution < 1.29 is 4.52 Å². The van der Waals surface area contributed by atoms with Crippen LogP contribution in [-0.4, -0.2) is 34.7 Å². The van der Waals surface area contributed by atoms with Gasteiger partial charge in [0.2, 0.25) is 5.89 Å². The molecule has 5 nitrogen and oxygen atoms in total. The smallest absolute Gasteiger partial charge is 0.240 e. The summed E-state index contributed by atoms with van der Waals surface area (Å²) in [6.45, 7) is 5.88. The van der Waals surface area contributed by atoms with E-state index in [9.17, 15) is 0 Å². The van der Waals surface area contributed by atoms with E-state index < -0.39 is 0 Å². The molecule has 96 valence electrons. The predicted octanol–water partition coefficient (Wildman–Crippen LogP) is 1.19. The summed E-state index contributed by atoms with van der Waals surface area (Å²) in [5, 5.41) is 3.92. The van der Waals surface area contributed by atoms with Crippen LogP contribution in [0, 0.1) is 5.92 Å². The highest BCUT2D eigenvalue weighted by Crippen LogP contribution is 2.20. The maximum atomic E-state index is 5.59. The molecule has 0 unspecified atom stereocenters. The largest absolute Gasteiger partial charge is 0.338 e. The molecule has 1 aromatic heterocycles. The Hall–Kier alpha value is -0.940. The van der Waals surface area contributed by atoms with Crippen molar-refractivity contribution in [3.63, 3.8) is 0 Å². The lowest BCUT2D eigenvalue weighted by Gasteiger charge is -2.30. The highest BCUT2D eigenvalue weighted by atomic mass is 16.5. The van der Waals surface area contributed by atoms with E-state index in [0.717, 1.165) is 56.7 Å². The molecule has 2 N–H and O–H groups in total. The summed E-state index contributed by atoms with van der Waals surface area (Å²) in [7, 11) is 0. The SMILES string of the molecule is CCc1noc(CN2CCC(CCN)CC2)n1. The maximum absolute atomic E-state index is 5.59. The molecule has 1 aliphatic rings. The van der Waals surface area contributed by atoms with Crippen LogP contribution in [0.15, 0.2) is 4.52 Å². The number of hydrogen-bond acceptors (Lipinski definition) is 5. The Balaban J connectivity index is 1.77. The van der Waals surface area contributed by atoms with E-state index in [1.54, 1.807) is 0 Å². The highest BCUT2D eigenvalue weighted by molar-refractivity contribution is 4.86. The van der Waals surface area contributed by atoms with Crippen LogP contribution in [0.25, 0.3) is 0 Å². The first kappa shape index (κ1) is 12.5. The second-order valence-electron chi connectivity index (χ2n) is 4.75. The molecule has 17 heavy (non-hydrogen) atoms. The van der Waals surface area contributed by atoms with Crippen LogP contribution in [0.2, 0.25) is 0 Å². The van der Waals surface area contributed by atoms with E-state index >= 15 is 0 Å². The van der Waals surface area contributed by atoms with Crippen molar-refractivity contribution in [1.29, 1.82) is 0 Å². The first-order valence-corrected chi connectivity index (χ1v) is 6.55. The van der Waals surface area contributed by atoms with Crippen LogP contribution in [0.1, 0.15) is 37.9 Å². The molecule has 0 amide bonds. The lowest BCUT2D eigenvalue weighted by Crippen LogP contribution is -2.33. The van der Waals surface area contributed by atoms with E-state index in [1.807, 2.05) is 6.92 Å². The average Bonchev–Trinajstić information content (AvgIpc) is 2.80. The van der Waals surface area contributed by atoms with Gasteiger partial charge in [0.1, 0.15) is 0 Å². The molecule has 2 rings (SSSR count). The normalized spacial score (nSPS) is 18.7. The average molecular weight is 238 g/mol. The summed E-state index contributed by atoms with van der Waals surface area (Å²) in [5.41, 5.74) is 5.59.